The van der Waals surface area contributed by atoms with Gasteiger partial charge in [0.25, 0.3) is 0 Å². The molecule has 0 aliphatic rings. The third-order valence-corrected chi connectivity index (χ3v) is 10.8. The topological polar surface area (TPSA) is 35.1 Å². The molecule has 0 atom stereocenters. The Morgan fingerprint density at radius 1 is 0.380 bits per heavy atom. The van der Waals surface area contributed by atoms with E-state index < -0.39 is 0 Å². The van der Waals surface area contributed by atoms with Crippen molar-refractivity contribution >= 4 is 92.3 Å². The zero-order valence-electron chi connectivity index (χ0n) is 26.8. The normalized spacial score (nSPS) is 12.4. The lowest BCUT2D eigenvalue weighted by atomic mass is 9.98. The summed E-state index contributed by atoms with van der Waals surface area (Å²) < 4.78 is 4.88. The van der Waals surface area contributed by atoms with Crippen molar-refractivity contribution in [1.29, 1.82) is 0 Å². The lowest BCUT2D eigenvalue weighted by molar-refractivity contribution is 1.08. The average molecular weight is 635 g/mol. The maximum atomic E-state index is 5.46. The zero-order valence-corrected chi connectivity index (χ0v) is 26.8. The molecular weight excluding hydrogens is 609 g/mol. The van der Waals surface area contributed by atoms with E-state index in [2.05, 4.69) is 167 Å². The van der Waals surface area contributed by atoms with E-state index in [1.807, 2.05) is 0 Å². The van der Waals surface area contributed by atoms with E-state index in [0.29, 0.717) is 5.82 Å². The van der Waals surface area contributed by atoms with Crippen molar-refractivity contribution in [3.8, 4) is 17.2 Å². The van der Waals surface area contributed by atoms with Gasteiger partial charge in [0, 0.05) is 43.3 Å². The molecule has 0 N–H and O–H groups in total. The SMILES string of the molecule is c1ccc2cc(-c3nc(-n4c5ccccc5c5c6c7c8ccccc8ccc7n7c8ccccc8c(cc54)c67)c4ccccc4n3)ccc2c1. The number of fused-ring (bicyclic) bond motifs is 14. The van der Waals surface area contributed by atoms with Crippen LogP contribution in [-0.2, 0) is 0 Å². The zero-order chi connectivity index (χ0) is 32.5. The van der Waals surface area contributed by atoms with Gasteiger partial charge in [-0.1, -0.05) is 115 Å². The van der Waals surface area contributed by atoms with Crippen LogP contribution in [0.2, 0.25) is 0 Å². The molecule has 0 aliphatic carbocycles. The highest BCUT2D eigenvalue weighted by molar-refractivity contribution is 6.39. The van der Waals surface area contributed by atoms with E-state index in [4.69, 9.17) is 9.97 Å². The second-order valence-corrected chi connectivity index (χ2v) is 13.4. The maximum Gasteiger partial charge on any atom is 0.162 e. The predicted octanol–water partition coefficient (Wildman–Crippen LogP) is 11.9. The first kappa shape index (κ1) is 26.2. The standard InChI is InChI=1S/C46H26N4/c1-2-13-29-25-30(22-21-27(29)11-1)45-47-36-18-8-5-16-33(36)46(48-45)50-38-20-10-7-17-34(38)42-40(50)26-35-32-15-6-9-19-37(32)49-39-24-23-28-12-3-4-14-31(28)41(39)43(42)44(35)49/h1-26H. The van der Waals surface area contributed by atoms with Crippen molar-refractivity contribution in [1.82, 2.24) is 18.9 Å². The van der Waals surface area contributed by atoms with Crippen LogP contribution in [0.4, 0.5) is 0 Å². The van der Waals surface area contributed by atoms with Crippen molar-refractivity contribution < 1.29 is 0 Å². The minimum atomic E-state index is 0.717. The molecule has 0 fully saturated rings. The first-order valence-corrected chi connectivity index (χ1v) is 17.1. The first-order valence-electron chi connectivity index (χ1n) is 17.1. The molecular formula is C46H26N4. The smallest absolute Gasteiger partial charge is 0.162 e. The van der Waals surface area contributed by atoms with Gasteiger partial charge in [0.05, 0.1) is 33.1 Å². The van der Waals surface area contributed by atoms with E-state index in [0.717, 1.165) is 33.3 Å². The van der Waals surface area contributed by atoms with Gasteiger partial charge in [-0.25, -0.2) is 9.97 Å². The van der Waals surface area contributed by atoms with Crippen LogP contribution in [0.3, 0.4) is 0 Å². The second-order valence-electron chi connectivity index (χ2n) is 13.4. The summed E-state index contributed by atoms with van der Waals surface area (Å²) in [6, 6.07) is 56.8. The number of hydrogen-bond donors (Lipinski definition) is 0. The molecule has 0 radical (unpaired) electrons. The Balaban J connectivity index is 1.31. The van der Waals surface area contributed by atoms with Gasteiger partial charge in [-0.2, -0.15) is 0 Å². The van der Waals surface area contributed by atoms with Crippen LogP contribution in [0, 0.1) is 0 Å². The molecule has 0 saturated carbocycles. The maximum absolute atomic E-state index is 5.46. The minimum absolute atomic E-state index is 0.717. The van der Waals surface area contributed by atoms with Crippen LogP contribution in [0.25, 0.3) is 110 Å². The molecule has 230 valence electrons. The van der Waals surface area contributed by atoms with E-state index in [1.54, 1.807) is 0 Å². The Hall–Kier alpha value is -6.78. The number of benzene rings is 8. The van der Waals surface area contributed by atoms with E-state index >= 15 is 0 Å². The van der Waals surface area contributed by atoms with Crippen LogP contribution in [0.15, 0.2) is 158 Å². The van der Waals surface area contributed by atoms with Gasteiger partial charge in [-0.3, -0.25) is 4.57 Å². The molecule has 4 heteroatoms. The molecule has 8 aromatic carbocycles. The summed E-state index contributed by atoms with van der Waals surface area (Å²) in [6.45, 7) is 0. The largest absolute Gasteiger partial charge is 0.308 e. The van der Waals surface area contributed by atoms with Crippen molar-refractivity contribution in [2.75, 3.05) is 0 Å². The van der Waals surface area contributed by atoms with E-state index in [9.17, 15) is 0 Å². The Kier molecular flexibility index (Phi) is 4.94. The summed E-state index contributed by atoms with van der Waals surface area (Å²) in [4.78, 5) is 10.6. The summed E-state index contributed by atoms with van der Waals surface area (Å²) >= 11 is 0. The predicted molar refractivity (Wildman–Crippen MR) is 209 cm³/mol. The molecule has 0 saturated heterocycles. The number of hydrogen-bond acceptors (Lipinski definition) is 2. The second kappa shape index (κ2) is 9.43. The van der Waals surface area contributed by atoms with Crippen LogP contribution in [0.1, 0.15) is 0 Å². The van der Waals surface area contributed by atoms with Crippen molar-refractivity contribution in [2.24, 2.45) is 0 Å². The highest BCUT2D eigenvalue weighted by atomic mass is 15.1. The van der Waals surface area contributed by atoms with Gasteiger partial charge in [0.15, 0.2) is 5.82 Å². The van der Waals surface area contributed by atoms with Crippen LogP contribution < -0.4 is 0 Å². The van der Waals surface area contributed by atoms with Crippen molar-refractivity contribution in [3.63, 3.8) is 0 Å². The number of aromatic nitrogens is 4. The number of para-hydroxylation sites is 3. The lowest BCUT2D eigenvalue weighted by Gasteiger charge is -2.13. The summed E-state index contributed by atoms with van der Waals surface area (Å²) in [5.74, 6) is 1.60. The molecule has 4 nitrogen and oxygen atoms in total. The van der Waals surface area contributed by atoms with Gasteiger partial charge in [0.1, 0.15) is 5.82 Å². The summed E-state index contributed by atoms with van der Waals surface area (Å²) in [6.07, 6.45) is 0. The van der Waals surface area contributed by atoms with Crippen LogP contribution in [-0.4, -0.2) is 18.9 Å². The monoisotopic (exact) mass is 634 g/mol. The Morgan fingerprint density at radius 3 is 1.92 bits per heavy atom. The minimum Gasteiger partial charge on any atom is -0.308 e. The van der Waals surface area contributed by atoms with Gasteiger partial charge in [0.2, 0.25) is 0 Å². The van der Waals surface area contributed by atoms with Crippen LogP contribution >= 0.6 is 0 Å². The summed E-state index contributed by atoms with van der Waals surface area (Å²) in [5.41, 5.74) is 7.94. The van der Waals surface area contributed by atoms with E-state index in [-0.39, 0.29) is 0 Å². The van der Waals surface area contributed by atoms with Crippen molar-refractivity contribution in [3.05, 3.63) is 158 Å². The lowest BCUT2D eigenvalue weighted by Crippen LogP contribution is -2.02. The number of nitrogens with zero attached hydrogens (tertiary/aromatic N) is 4. The highest BCUT2D eigenvalue weighted by Gasteiger charge is 2.26. The fourth-order valence-corrected chi connectivity index (χ4v) is 8.69. The molecule has 4 heterocycles. The van der Waals surface area contributed by atoms with Gasteiger partial charge in [-0.05, 0) is 64.0 Å². The van der Waals surface area contributed by atoms with Crippen molar-refractivity contribution in [2.45, 2.75) is 0 Å². The Labute approximate surface area is 285 Å². The fraction of sp³-hybridized carbons (Fsp3) is 0. The molecule has 4 aromatic heterocycles. The third kappa shape index (κ3) is 3.30. The molecule has 0 bridgehead atoms. The fourth-order valence-electron chi connectivity index (χ4n) is 8.69. The molecule has 12 rings (SSSR count). The Bertz CT molecular complexity index is 3380. The summed E-state index contributed by atoms with van der Waals surface area (Å²) in [7, 11) is 0. The molecule has 0 unspecified atom stereocenters. The number of rotatable bonds is 2. The average Bonchev–Trinajstić information content (AvgIpc) is 3.82. The van der Waals surface area contributed by atoms with Gasteiger partial charge in [-0.15, -0.1) is 0 Å². The molecule has 50 heavy (non-hydrogen) atoms. The van der Waals surface area contributed by atoms with E-state index in [1.165, 1.54) is 70.4 Å². The Morgan fingerprint density at radius 2 is 1.04 bits per heavy atom. The molecule has 0 aliphatic heterocycles. The highest BCUT2D eigenvalue weighted by Crippen LogP contribution is 2.48. The molecule has 0 amide bonds. The summed E-state index contributed by atoms with van der Waals surface area (Å²) in [5, 5.41) is 13.5. The van der Waals surface area contributed by atoms with Crippen LogP contribution in [0.5, 0.6) is 0 Å². The molecule has 0 spiro atoms. The molecule has 12 aromatic rings. The van der Waals surface area contributed by atoms with Gasteiger partial charge < -0.3 is 4.40 Å². The third-order valence-electron chi connectivity index (χ3n) is 10.8. The first-order chi connectivity index (χ1) is 24.8. The quantitative estimate of drug-likeness (QED) is 0.190. The van der Waals surface area contributed by atoms with Gasteiger partial charge >= 0.3 is 0 Å².